The number of phosphoric acid groups is 1. The van der Waals surface area contributed by atoms with Gasteiger partial charge in [0.15, 0.2) is 0 Å². The Bertz CT molecular complexity index is 1250. The molecule has 1 aromatic heterocycles. The van der Waals surface area contributed by atoms with Gasteiger partial charge in [-0.05, 0) is 26.7 Å². The molecule has 0 radical (unpaired) electrons. The van der Waals surface area contributed by atoms with Crippen LogP contribution in [-0.4, -0.2) is 95.4 Å². The molecule has 0 saturated carbocycles. The quantitative estimate of drug-likeness (QED) is 0.127. The Kier molecular flexibility index (Phi) is 14.3. The van der Waals surface area contributed by atoms with Gasteiger partial charge in [0, 0.05) is 31.8 Å². The number of H-pyrrole nitrogens is 1. The maximum Gasteiger partial charge on any atom is 0.472 e. The van der Waals surface area contributed by atoms with Gasteiger partial charge in [0.2, 0.25) is 5.91 Å². The van der Waals surface area contributed by atoms with Gasteiger partial charge in [-0.2, -0.15) is 0 Å². The summed E-state index contributed by atoms with van der Waals surface area (Å²) in [6.07, 6.45) is -3.01. The first-order chi connectivity index (χ1) is 20.4. The molecule has 2 rings (SSSR count). The maximum atomic E-state index is 13.2. The zero-order valence-electron chi connectivity index (χ0n) is 24.4. The first-order valence-electron chi connectivity index (χ1n) is 13.7. The number of aromatic amines is 1. The van der Waals surface area contributed by atoms with Crippen molar-refractivity contribution in [1.82, 2.24) is 25.5 Å². The zero-order valence-corrected chi connectivity index (χ0v) is 25.3. The van der Waals surface area contributed by atoms with E-state index in [4.69, 9.17) is 18.7 Å². The van der Waals surface area contributed by atoms with E-state index in [1.807, 2.05) is 6.92 Å². The second-order valence-corrected chi connectivity index (χ2v) is 10.8. The second-order valence-electron chi connectivity index (χ2n) is 9.31. The smallest absolute Gasteiger partial charge is 0.450 e. The Labute approximate surface area is 247 Å². The lowest BCUT2D eigenvalue weighted by Gasteiger charge is -2.27. The SMILES string of the molecule is CCCC(NC(=O)OCC)C(NC(=O)OCC)C(=O)NCCc1cn([C@@H]2C[C@H](OP(=O)(O)OC)[C@H](CO)O2)c(=O)[nH]c1=O. The third-order valence-electron chi connectivity index (χ3n) is 6.32. The average molecular weight is 638 g/mol. The largest absolute Gasteiger partial charge is 0.472 e. The molecule has 1 aliphatic rings. The molecule has 6 N–H and O–H groups in total. The van der Waals surface area contributed by atoms with Crippen molar-refractivity contribution in [2.24, 2.45) is 0 Å². The number of aliphatic hydroxyl groups is 1. The molecule has 1 fully saturated rings. The van der Waals surface area contributed by atoms with Gasteiger partial charge >= 0.3 is 25.7 Å². The third-order valence-corrected chi connectivity index (χ3v) is 7.32. The highest BCUT2D eigenvalue weighted by Gasteiger charge is 2.41. The lowest BCUT2D eigenvalue weighted by Crippen LogP contribution is -2.59. The van der Waals surface area contributed by atoms with E-state index in [0.29, 0.717) is 12.8 Å². The van der Waals surface area contributed by atoms with Crippen molar-refractivity contribution in [3.05, 3.63) is 32.6 Å². The molecular formula is C24H40N5O13P. The van der Waals surface area contributed by atoms with Crippen molar-refractivity contribution >= 4 is 25.9 Å². The summed E-state index contributed by atoms with van der Waals surface area (Å²) in [6, 6.07) is -2.09. The van der Waals surface area contributed by atoms with E-state index in [1.54, 1.807) is 13.8 Å². The fourth-order valence-electron chi connectivity index (χ4n) is 4.32. The monoisotopic (exact) mass is 637 g/mol. The highest BCUT2D eigenvalue weighted by Crippen LogP contribution is 2.47. The number of rotatable bonds is 16. The maximum absolute atomic E-state index is 13.2. The van der Waals surface area contributed by atoms with Crippen LogP contribution in [0.15, 0.2) is 15.8 Å². The van der Waals surface area contributed by atoms with Crippen molar-refractivity contribution in [3.63, 3.8) is 0 Å². The predicted octanol–water partition coefficient (Wildman–Crippen LogP) is -0.363. The third kappa shape index (κ3) is 10.7. The molecule has 2 heterocycles. The molecule has 0 aliphatic carbocycles. The summed E-state index contributed by atoms with van der Waals surface area (Å²) < 4.78 is 37.7. The Balaban J connectivity index is 2.18. The van der Waals surface area contributed by atoms with Crippen molar-refractivity contribution in [2.45, 2.75) is 77.0 Å². The average Bonchev–Trinajstić information content (AvgIpc) is 3.34. The summed E-state index contributed by atoms with van der Waals surface area (Å²) in [5.74, 6) is -0.676. The van der Waals surface area contributed by atoms with Crippen LogP contribution in [0.4, 0.5) is 9.59 Å². The molecule has 1 saturated heterocycles. The van der Waals surface area contributed by atoms with Gasteiger partial charge in [-0.3, -0.25) is 28.2 Å². The number of hydrogen-bond acceptors (Lipinski definition) is 12. The summed E-state index contributed by atoms with van der Waals surface area (Å²) in [5.41, 5.74) is -1.50. The lowest BCUT2D eigenvalue weighted by atomic mass is 10.0. The number of amides is 3. The second kappa shape index (κ2) is 17.1. The van der Waals surface area contributed by atoms with Crippen LogP contribution in [0.3, 0.4) is 0 Å². The van der Waals surface area contributed by atoms with Crippen LogP contribution in [0.1, 0.15) is 51.8 Å². The molecule has 3 amide bonds. The minimum atomic E-state index is -4.43. The van der Waals surface area contributed by atoms with Crippen LogP contribution in [0.25, 0.3) is 0 Å². The van der Waals surface area contributed by atoms with Crippen LogP contribution in [0.2, 0.25) is 0 Å². The van der Waals surface area contributed by atoms with E-state index >= 15 is 0 Å². The topological polar surface area (TPSA) is 246 Å². The summed E-state index contributed by atoms with van der Waals surface area (Å²) in [7, 11) is -3.46. The molecule has 43 heavy (non-hydrogen) atoms. The molecule has 1 aromatic rings. The number of carbonyl (C=O) groups is 3. The van der Waals surface area contributed by atoms with E-state index in [0.717, 1.165) is 11.7 Å². The molecule has 0 aromatic carbocycles. The zero-order chi connectivity index (χ0) is 32.2. The molecule has 244 valence electrons. The highest BCUT2D eigenvalue weighted by molar-refractivity contribution is 7.47. The van der Waals surface area contributed by atoms with Crippen molar-refractivity contribution in [2.75, 3.05) is 33.5 Å². The van der Waals surface area contributed by atoms with Crippen molar-refractivity contribution in [1.29, 1.82) is 0 Å². The molecule has 1 aliphatic heterocycles. The van der Waals surface area contributed by atoms with E-state index in [9.17, 15) is 38.5 Å². The normalized spacial score (nSPS) is 20.8. The number of nitrogens with zero attached hydrogens (tertiary/aromatic N) is 1. The lowest BCUT2D eigenvalue weighted by molar-refractivity contribution is -0.123. The number of aliphatic hydroxyl groups excluding tert-OH is 1. The van der Waals surface area contributed by atoms with Crippen LogP contribution < -0.4 is 27.2 Å². The van der Waals surface area contributed by atoms with E-state index in [1.165, 1.54) is 6.20 Å². The highest BCUT2D eigenvalue weighted by atomic mass is 31.2. The van der Waals surface area contributed by atoms with E-state index in [2.05, 4.69) is 25.5 Å². The van der Waals surface area contributed by atoms with Crippen molar-refractivity contribution in [3.8, 4) is 0 Å². The van der Waals surface area contributed by atoms with Crippen LogP contribution >= 0.6 is 7.82 Å². The van der Waals surface area contributed by atoms with Crippen LogP contribution in [0, 0.1) is 0 Å². The number of phosphoric ester groups is 1. The molecule has 0 spiro atoms. The van der Waals surface area contributed by atoms with Crippen LogP contribution in [-0.2, 0) is 39.0 Å². The number of aromatic nitrogens is 2. The van der Waals surface area contributed by atoms with Crippen molar-refractivity contribution < 1.29 is 52.2 Å². The Morgan fingerprint density at radius 2 is 1.81 bits per heavy atom. The van der Waals surface area contributed by atoms with E-state index < -0.39 is 74.3 Å². The predicted molar refractivity (Wildman–Crippen MR) is 148 cm³/mol. The molecule has 3 unspecified atom stereocenters. The number of ether oxygens (including phenoxy) is 3. The van der Waals surface area contributed by atoms with Crippen LogP contribution in [0.5, 0.6) is 0 Å². The number of carbonyl (C=O) groups excluding carboxylic acids is 3. The van der Waals surface area contributed by atoms with Gasteiger partial charge in [-0.1, -0.05) is 13.3 Å². The summed E-state index contributed by atoms with van der Waals surface area (Å²) in [6.45, 7) is 4.47. The molecule has 0 bridgehead atoms. The fourth-order valence-corrected chi connectivity index (χ4v) is 4.97. The van der Waals surface area contributed by atoms with Gasteiger partial charge in [0.25, 0.3) is 5.56 Å². The molecule has 18 nitrogen and oxygen atoms in total. The first-order valence-corrected chi connectivity index (χ1v) is 15.2. The number of hydrogen-bond donors (Lipinski definition) is 6. The first kappa shape index (κ1) is 35.9. The molecular weight excluding hydrogens is 597 g/mol. The summed E-state index contributed by atoms with van der Waals surface area (Å²) in [5, 5.41) is 17.2. The molecule has 6 atom stereocenters. The summed E-state index contributed by atoms with van der Waals surface area (Å²) in [4.78, 5) is 74.3. The number of alkyl carbamates (subject to hydrolysis) is 2. The minimum Gasteiger partial charge on any atom is -0.450 e. The van der Waals surface area contributed by atoms with Gasteiger partial charge in [0.1, 0.15) is 24.5 Å². The Hall–Kier alpha value is -3.28. The van der Waals surface area contributed by atoms with Gasteiger partial charge < -0.3 is 40.2 Å². The van der Waals surface area contributed by atoms with E-state index in [-0.39, 0.29) is 38.2 Å². The Morgan fingerprint density at radius 1 is 1.16 bits per heavy atom. The Morgan fingerprint density at radius 3 is 2.40 bits per heavy atom. The summed E-state index contributed by atoms with van der Waals surface area (Å²) >= 11 is 0. The van der Waals surface area contributed by atoms with Gasteiger partial charge in [-0.15, -0.1) is 0 Å². The fraction of sp³-hybridized carbons (Fsp3) is 0.708. The minimum absolute atomic E-state index is 0.0464. The molecule has 19 heteroatoms. The standard InChI is InChI=1S/C24H40N5O13P/c1-5-8-15(26-23(34)39-6-2)19(27-24(35)40-7-3)21(32)25-10-9-14-12-29(22(33)28-20(14)31)18-11-16(17(13-30)41-18)42-43(36,37)38-4/h12,15-19,30H,5-11,13H2,1-4H3,(H,25,32)(H,26,34)(H,27,35)(H,36,37)(H,28,31,33)/t15?,16-,17-,18-,19?/m0/s1. The van der Waals surface area contributed by atoms with Gasteiger partial charge in [0.05, 0.1) is 25.9 Å². The number of nitrogens with one attached hydrogen (secondary N) is 4. The van der Waals surface area contributed by atoms with Gasteiger partial charge in [-0.25, -0.2) is 18.9 Å².